The van der Waals surface area contributed by atoms with Crippen LogP contribution in [0.3, 0.4) is 0 Å². The minimum atomic E-state index is -2.59. The van der Waals surface area contributed by atoms with Gasteiger partial charge in [-0.15, -0.1) is 0 Å². The molecule has 0 unspecified atom stereocenters. The Morgan fingerprint density at radius 3 is 0.846 bits per heavy atom. The molecule has 0 aliphatic carbocycles. The lowest BCUT2D eigenvalue weighted by atomic mass is 10.3. The average Bonchev–Trinajstić information content (AvgIpc) is 2.94. The molecule has 0 radical (unpaired) electrons. The molecule has 8 nitrogen and oxygen atoms in total. The molecule has 0 aliphatic rings. The van der Waals surface area contributed by atoms with E-state index in [-0.39, 0.29) is 0 Å². The standard InChI is InChI=1S/C29H66N2O6Si2/c1-9-22-32-38(33-23-10-2,34-24-11-3)28-16-20-30(7)18-15-19-31(8)21-17-29-39(35-25-12-4,36-26-13-5)37-27-14-6/h9-29H2,1-8H3. The normalized spacial score (nSPS) is 12.8. The highest BCUT2D eigenvalue weighted by Crippen LogP contribution is 2.21. The fourth-order valence-electron chi connectivity index (χ4n) is 4.19. The van der Waals surface area contributed by atoms with Gasteiger partial charge in [0.1, 0.15) is 0 Å². The first-order valence-electron chi connectivity index (χ1n) is 16.1. The Morgan fingerprint density at radius 1 is 0.385 bits per heavy atom. The Balaban J connectivity index is 4.54. The molecular formula is C29H66N2O6Si2. The van der Waals surface area contributed by atoms with E-state index in [2.05, 4.69) is 65.4 Å². The van der Waals surface area contributed by atoms with Crippen LogP contribution in [-0.4, -0.2) is 107 Å². The third-order valence-electron chi connectivity index (χ3n) is 6.28. The van der Waals surface area contributed by atoms with E-state index in [1.807, 2.05) is 0 Å². The van der Waals surface area contributed by atoms with Gasteiger partial charge in [-0.1, -0.05) is 41.5 Å². The van der Waals surface area contributed by atoms with Crippen molar-refractivity contribution in [3.63, 3.8) is 0 Å². The third kappa shape index (κ3) is 19.8. The van der Waals surface area contributed by atoms with Crippen LogP contribution in [0, 0.1) is 0 Å². The molecule has 0 spiro atoms. The lowest BCUT2D eigenvalue weighted by Gasteiger charge is -2.30. The van der Waals surface area contributed by atoms with Gasteiger partial charge < -0.3 is 36.4 Å². The molecule has 0 rings (SSSR count). The highest BCUT2D eigenvalue weighted by Gasteiger charge is 2.41. The van der Waals surface area contributed by atoms with E-state index in [0.29, 0.717) is 39.6 Å². The molecule has 0 aromatic carbocycles. The van der Waals surface area contributed by atoms with E-state index < -0.39 is 17.6 Å². The van der Waals surface area contributed by atoms with Gasteiger partial charge in [-0.25, -0.2) is 0 Å². The van der Waals surface area contributed by atoms with Crippen molar-refractivity contribution in [3.8, 4) is 0 Å². The molecule has 0 aromatic rings. The van der Waals surface area contributed by atoms with E-state index in [9.17, 15) is 0 Å². The van der Waals surface area contributed by atoms with Gasteiger partial charge in [0.15, 0.2) is 0 Å². The van der Waals surface area contributed by atoms with Crippen molar-refractivity contribution in [1.29, 1.82) is 0 Å². The van der Waals surface area contributed by atoms with E-state index in [4.69, 9.17) is 26.6 Å². The van der Waals surface area contributed by atoms with Gasteiger partial charge in [0.05, 0.1) is 0 Å². The summed E-state index contributed by atoms with van der Waals surface area (Å²) in [4.78, 5) is 4.86. The molecule has 0 aromatic heterocycles. The Bertz CT molecular complexity index is 448. The van der Waals surface area contributed by atoms with Crippen molar-refractivity contribution in [2.24, 2.45) is 0 Å². The van der Waals surface area contributed by atoms with Crippen molar-refractivity contribution >= 4 is 17.6 Å². The molecule has 0 fully saturated rings. The summed E-state index contributed by atoms with van der Waals surface area (Å²) in [5.74, 6) is 0. The van der Waals surface area contributed by atoms with Gasteiger partial charge in [-0.3, -0.25) is 0 Å². The van der Waals surface area contributed by atoms with Crippen LogP contribution in [0.25, 0.3) is 0 Å². The highest BCUT2D eigenvalue weighted by molar-refractivity contribution is 6.61. The van der Waals surface area contributed by atoms with Crippen LogP contribution in [-0.2, 0) is 26.6 Å². The molecule has 0 saturated carbocycles. The lowest BCUT2D eigenvalue weighted by molar-refractivity contribution is 0.0577. The van der Waals surface area contributed by atoms with Crippen LogP contribution in [0.1, 0.15) is 99.3 Å². The number of hydrogen-bond donors (Lipinski definition) is 0. The summed E-state index contributed by atoms with van der Waals surface area (Å²) in [7, 11) is -0.748. The first-order valence-corrected chi connectivity index (χ1v) is 19.9. The van der Waals surface area contributed by atoms with Crippen molar-refractivity contribution in [2.45, 2.75) is 111 Å². The second-order valence-corrected chi connectivity index (χ2v) is 16.1. The van der Waals surface area contributed by atoms with Crippen molar-refractivity contribution in [3.05, 3.63) is 0 Å². The predicted molar refractivity (Wildman–Crippen MR) is 167 cm³/mol. The lowest BCUT2D eigenvalue weighted by Crippen LogP contribution is -2.47. The molecule has 0 N–H and O–H groups in total. The average molecular weight is 595 g/mol. The zero-order valence-electron chi connectivity index (χ0n) is 27.2. The van der Waals surface area contributed by atoms with Crippen molar-refractivity contribution in [1.82, 2.24) is 9.80 Å². The topological polar surface area (TPSA) is 61.9 Å². The smallest absolute Gasteiger partial charge is 0.373 e. The molecule has 39 heavy (non-hydrogen) atoms. The molecule has 0 saturated heterocycles. The maximum atomic E-state index is 6.25. The number of hydrogen-bond acceptors (Lipinski definition) is 8. The monoisotopic (exact) mass is 594 g/mol. The summed E-state index contributed by atoms with van der Waals surface area (Å²) < 4.78 is 37.5. The van der Waals surface area contributed by atoms with Gasteiger partial charge in [0.25, 0.3) is 0 Å². The van der Waals surface area contributed by atoms with Crippen LogP contribution in [0.15, 0.2) is 0 Å². The highest BCUT2D eigenvalue weighted by atomic mass is 28.4. The Labute approximate surface area is 245 Å². The maximum Gasteiger partial charge on any atom is 0.501 e. The minimum absolute atomic E-state index is 0.714. The molecular weight excluding hydrogens is 528 g/mol. The SMILES string of the molecule is CCCO[Si](CCCN(C)CCCN(C)CCC[Si](OCCC)(OCCC)OCCC)(OCCC)OCCC. The van der Waals surface area contributed by atoms with Crippen LogP contribution >= 0.6 is 0 Å². The maximum absolute atomic E-state index is 6.25. The van der Waals surface area contributed by atoms with Crippen molar-refractivity contribution < 1.29 is 26.6 Å². The van der Waals surface area contributed by atoms with E-state index in [1.54, 1.807) is 0 Å². The summed E-state index contributed by atoms with van der Waals surface area (Å²) >= 11 is 0. The van der Waals surface area contributed by atoms with Gasteiger partial charge in [0, 0.05) is 51.7 Å². The molecule has 0 heterocycles. The largest absolute Gasteiger partial charge is 0.501 e. The van der Waals surface area contributed by atoms with E-state index in [1.165, 1.54) is 0 Å². The summed E-state index contributed by atoms with van der Waals surface area (Å²) in [6.45, 7) is 21.4. The van der Waals surface area contributed by atoms with E-state index >= 15 is 0 Å². The molecule has 0 aliphatic heterocycles. The van der Waals surface area contributed by atoms with Gasteiger partial charge in [0.2, 0.25) is 0 Å². The van der Waals surface area contributed by atoms with Crippen LogP contribution in [0.2, 0.25) is 12.1 Å². The fourth-order valence-corrected chi connectivity index (χ4v) is 9.83. The van der Waals surface area contributed by atoms with E-state index in [0.717, 1.165) is 96.1 Å². The Morgan fingerprint density at radius 2 is 0.615 bits per heavy atom. The van der Waals surface area contributed by atoms with Crippen LogP contribution < -0.4 is 0 Å². The zero-order valence-corrected chi connectivity index (χ0v) is 29.2. The zero-order chi connectivity index (χ0) is 29.2. The van der Waals surface area contributed by atoms with Crippen LogP contribution in [0.4, 0.5) is 0 Å². The second-order valence-electron chi connectivity index (χ2n) is 10.6. The Hall–Kier alpha value is 0.114. The summed E-state index contributed by atoms with van der Waals surface area (Å²) in [5, 5.41) is 0. The Kier molecular flexibility index (Phi) is 25.9. The third-order valence-corrected chi connectivity index (χ3v) is 12.1. The molecule has 0 amide bonds. The minimum Gasteiger partial charge on any atom is -0.373 e. The predicted octanol–water partition coefficient (Wildman–Crippen LogP) is 6.46. The van der Waals surface area contributed by atoms with Crippen LogP contribution in [0.5, 0.6) is 0 Å². The van der Waals surface area contributed by atoms with Gasteiger partial charge in [-0.05, 0) is 98.1 Å². The molecule has 236 valence electrons. The molecule has 0 bridgehead atoms. The summed E-state index contributed by atoms with van der Waals surface area (Å²) in [5.41, 5.74) is 0. The number of rotatable bonds is 30. The quantitative estimate of drug-likeness (QED) is 0.0879. The summed E-state index contributed by atoms with van der Waals surface area (Å²) in [6, 6.07) is 1.78. The fraction of sp³-hybridized carbons (Fsp3) is 1.00. The molecule has 10 heteroatoms. The van der Waals surface area contributed by atoms with Gasteiger partial charge >= 0.3 is 17.6 Å². The second kappa shape index (κ2) is 25.8. The number of nitrogens with zero attached hydrogens (tertiary/aromatic N) is 2. The van der Waals surface area contributed by atoms with Gasteiger partial charge in [-0.2, -0.15) is 0 Å². The molecule has 0 atom stereocenters. The van der Waals surface area contributed by atoms with Crippen molar-refractivity contribution in [2.75, 3.05) is 79.9 Å². The first kappa shape index (κ1) is 39.1. The first-order chi connectivity index (χ1) is 18.9. The summed E-state index contributed by atoms with van der Waals surface area (Å²) in [6.07, 6.45) is 9.14.